The molecule has 2 amide bonds. The number of H-pyrrole nitrogens is 1. The van der Waals surface area contributed by atoms with Gasteiger partial charge in [0.25, 0.3) is 11.8 Å². The molecule has 1 unspecified atom stereocenters. The number of rotatable bonds is 1. The second-order valence-electron chi connectivity index (χ2n) is 8.46. The number of hydrogen-bond acceptors (Lipinski definition) is 6. The number of para-hydroxylation sites is 2. The lowest BCUT2D eigenvalue weighted by atomic mass is 9.70. The van der Waals surface area contributed by atoms with Crippen LogP contribution >= 0.6 is 21.6 Å². The molecule has 2 aromatic carbocycles. The molecular formula is C22H18N4O3S2. The van der Waals surface area contributed by atoms with Gasteiger partial charge in [-0.25, -0.2) is 0 Å². The van der Waals surface area contributed by atoms with Crippen LogP contribution in [0.4, 0.5) is 5.69 Å². The second-order valence-corrected chi connectivity index (χ2v) is 11.0. The summed E-state index contributed by atoms with van der Waals surface area (Å²) in [5, 5.41) is 16.1. The topological polar surface area (TPSA) is 88.7 Å². The number of piperazine rings is 1. The fourth-order valence-corrected chi connectivity index (χ4v) is 9.43. The Labute approximate surface area is 185 Å². The van der Waals surface area contributed by atoms with Crippen LogP contribution in [-0.4, -0.2) is 61.3 Å². The van der Waals surface area contributed by atoms with Crippen LogP contribution in [-0.2, 0) is 15.0 Å². The van der Waals surface area contributed by atoms with Gasteiger partial charge in [-0.1, -0.05) is 47.2 Å². The number of aromatic nitrogens is 1. The van der Waals surface area contributed by atoms with Gasteiger partial charge in [0, 0.05) is 29.8 Å². The maximum absolute atomic E-state index is 13.6. The summed E-state index contributed by atoms with van der Waals surface area (Å²) in [5.41, 5.74) is 2.62. The first-order valence-electron chi connectivity index (χ1n) is 10.1. The minimum Gasteiger partial charge on any atom is -0.388 e. The van der Waals surface area contributed by atoms with E-state index in [2.05, 4.69) is 10.3 Å². The molecule has 4 saturated heterocycles. The van der Waals surface area contributed by atoms with Crippen molar-refractivity contribution in [2.45, 2.75) is 27.9 Å². The van der Waals surface area contributed by atoms with Gasteiger partial charge in [-0.15, -0.1) is 0 Å². The highest BCUT2D eigenvalue weighted by Crippen LogP contribution is 2.67. The first-order valence-corrected chi connectivity index (χ1v) is 12.3. The number of aliphatic hydroxyl groups is 1. The van der Waals surface area contributed by atoms with Gasteiger partial charge in [-0.2, -0.15) is 0 Å². The smallest absolute Gasteiger partial charge is 0.263 e. The maximum atomic E-state index is 13.6. The van der Waals surface area contributed by atoms with E-state index in [1.54, 1.807) is 11.9 Å². The normalized spacial score (nSPS) is 35.4. The molecule has 5 aliphatic rings. The number of carbonyl (C=O) groups is 2. The molecule has 0 saturated carbocycles. The zero-order chi connectivity index (χ0) is 21.1. The number of aromatic amines is 1. The first kappa shape index (κ1) is 18.0. The summed E-state index contributed by atoms with van der Waals surface area (Å²) in [6, 6.07) is 15.8. The average molecular weight is 451 g/mol. The third-order valence-corrected chi connectivity index (χ3v) is 10.5. The molecule has 4 fully saturated rings. The number of hydrogen-bond donors (Lipinski definition) is 3. The Morgan fingerprint density at radius 1 is 1.06 bits per heavy atom. The molecule has 0 aliphatic carbocycles. The molecule has 156 valence electrons. The van der Waals surface area contributed by atoms with Crippen LogP contribution < -0.4 is 5.32 Å². The summed E-state index contributed by atoms with van der Waals surface area (Å²) in [5.74, 6) is -0.363. The van der Waals surface area contributed by atoms with E-state index >= 15 is 0 Å². The summed E-state index contributed by atoms with van der Waals surface area (Å²) in [6.45, 7) is 0. The summed E-state index contributed by atoms with van der Waals surface area (Å²) < 4.78 is 0. The van der Waals surface area contributed by atoms with Crippen molar-refractivity contribution in [3.8, 4) is 0 Å². The SMILES string of the molecule is CN1C(=O)[C@]23SS[C@H]1C(=O)N2[C@H]1Nc2ccccc2[C@@]1(c1c[nH]c2ccccc12)C3O. The molecule has 7 nitrogen and oxygen atoms in total. The Morgan fingerprint density at radius 2 is 1.84 bits per heavy atom. The van der Waals surface area contributed by atoms with E-state index in [-0.39, 0.29) is 11.8 Å². The molecule has 3 aromatic rings. The van der Waals surface area contributed by atoms with Gasteiger partial charge in [0.1, 0.15) is 12.3 Å². The van der Waals surface area contributed by atoms with E-state index in [1.165, 1.54) is 26.5 Å². The number of nitrogens with one attached hydrogen (secondary N) is 2. The van der Waals surface area contributed by atoms with E-state index in [1.807, 2.05) is 54.7 Å². The van der Waals surface area contributed by atoms with Crippen molar-refractivity contribution in [3.63, 3.8) is 0 Å². The Morgan fingerprint density at radius 3 is 2.71 bits per heavy atom. The van der Waals surface area contributed by atoms with Crippen molar-refractivity contribution in [2.24, 2.45) is 0 Å². The fourth-order valence-electron chi connectivity index (χ4n) is 5.93. The third-order valence-electron chi connectivity index (χ3n) is 7.24. The zero-order valence-electron chi connectivity index (χ0n) is 16.4. The summed E-state index contributed by atoms with van der Waals surface area (Å²) in [4.78, 5) is 32.2. The van der Waals surface area contributed by atoms with Crippen molar-refractivity contribution in [1.29, 1.82) is 0 Å². The molecule has 5 atom stereocenters. The van der Waals surface area contributed by atoms with E-state index < -0.39 is 27.9 Å². The van der Waals surface area contributed by atoms with Crippen LogP contribution in [0.1, 0.15) is 11.1 Å². The largest absolute Gasteiger partial charge is 0.388 e. The lowest BCUT2D eigenvalue weighted by Crippen LogP contribution is -2.73. The second kappa shape index (κ2) is 5.59. The van der Waals surface area contributed by atoms with Crippen LogP contribution in [0.15, 0.2) is 54.7 Å². The highest BCUT2D eigenvalue weighted by atomic mass is 33.1. The Kier molecular flexibility index (Phi) is 3.25. The molecule has 8 rings (SSSR count). The highest BCUT2D eigenvalue weighted by molar-refractivity contribution is 8.78. The Hall–Kier alpha value is -2.62. The van der Waals surface area contributed by atoms with Crippen LogP contribution in [0.5, 0.6) is 0 Å². The van der Waals surface area contributed by atoms with Crippen molar-refractivity contribution in [1.82, 2.24) is 14.8 Å². The van der Waals surface area contributed by atoms with Crippen LogP contribution in [0.3, 0.4) is 0 Å². The minimum atomic E-state index is -1.38. The fraction of sp³-hybridized carbons (Fsp3) is 0.273. The standard InChI is InChI=1S/C22H18N4O3S2/c1-25-17-16(27)26-19-21(12-7-3-5-9-15(12)24-19,18(28)22(26,20(25)29)31-30-17)13-10-23-14-8-4-2-6-11(13)14/h2-10,17-19,23-24,28H,1H3/t17-,18?,19+,21+,22-/m0/s1. The molecule has 0 radical (unpaired) electrons. The monoisotopic (exact) mass is 450 g/mol. The number of fused-ring (bicyclic) bond motifs is 6. The summed E-state index contributed by atoms with van der Waals surface area (Å²) in [7, 11) is 4.33. The minimum absolute atomic E-state index is 0.142. The molecule has 9 heteroatoms. The van der Waals surface area contributed by atoms with E-state index in [4.69, 9.17) is 0 Å². The number of benzene rings is 2. The molecule has 5 aliphatic heterocycles. The molecular weight excluding hydrogens is 432 g/mol. The molecule has 3 N–H and O–H groups in total. The van der Waals surface area contributed by atoms with E-state index in [0.29, 0.717) is 0 Å². The number of amides is 2. The number of aliphatic hydroxyl groups excluding tert-OH is 1. The number of carbonyl (C=O) groups excluding carboxylic acids is 2. The third kappa shape index (κ3) is 1.75. The van der Waals surface area contributed by atoms with E-state index in [0.717, 1.165) is 27.7 Å². The van der Waals surface area contributed by atoms with Crippen molar-refractivity contribution >= 4 is 50.0 Å². The average Bonchev–Trinajstić information content (AvgIpc) is 3.41. The molecule has 1 aromatic heterocycles. The van der Waals surface area contributed by atoms with Gasteiger partial charge in [-0.05, 0) is 34.1 Å². The van der Waals surface area contributed by atoms with Gasteiger partial charge >= 0.3 is 0 Å². The van der Waals surface area contributed by atoms with Crippen LogP contribution in [0.25, 0.3) is 10.9 Å². The van der Waals surface area contributed by atoms with Crippen LogP contribution in [0.2, 0.25) is 0 Å². The zero-order valence-corrected chi connectivity index (χ0v) is 18.0. The number of anilines is 1. The van der Waals surface area contributed by atoms with Crippen molar-refractivity contribution in [3.05, 3.63) is 65.9 Å². The quantitative estimate of drug-likeness (QED) is 0.493. The predicted octanol–water partition coefficient (Wildman–Crippen LogP) is 2.30. The number of nitrogens with zero attached hydrogens (tertiary/aromatic N) is 2. The van der Waals surface area contributed by atoms with Gasteiger partial charge in [0.05, 0.1) is 5.41 Å². The Balaban J connectivity index is 1.59. The van der Waals surface area contributed by atoms with Gasteiger partial charge in [0.2, 0.25) is 4.87 Å². The predicted molar refractivity (Wildman–Crippen MR) is 120 cm³/mol. The number of likely N-dealkylation sites (N-methyl/N-ethyl adjacent to an activating group) is 1. The van der Waals surface area contributed by atoms with Crippen LogP contribution in [0, 0.1) is 0 Å². The molecule has 6 heterocycles. The maximum Gasteiger partial charge on any atom is 0.263 e. The summed E-state index contributed by atoms with van der Waals surface area (Å²) >= 11 is 0. The van der Waals surface area contributed by atoms with Crippen molar-refractivity contribution < 1.29 is 14.7 Å². The Bertz CT molecular complexity index is 1310. The first-order chi connectivity index (χ1) is 15.0. The van der Waals surface area contributed by atoms with Crippen molar-refractivity contribution in [2.75, 3.05) is 12.4 Å². The lowest BCUT2D eigenvalue weighted by Gasteiger charge is -2.53. The molecule has 2 bridgehead atoms. The molecule has 1 spiro atoms. The van der Waals surface area contributed by atoms with Gasteiger partial charge < -0.3 is 20.3 Å². The van der Waals surface area contributed by atoms with Gasteiger partial charge in [0.15, 0.2) is 5.37 Å². The highest BCUT2D eigenvalue weighted by Gasteiger charge is 2.80. The lowest BCUT2D eigenvalue weighted by molar-refractivity contribution is -0.160. The van der Waals surface area contributed by atoms with E-state index in [9.17, 15) is 14.7 Å². The molecule has 31 heavy (non-hydrogen) atoms. The van der Waals surface area contributed by atoms with Gasteiger partial charge in [-0.3, -0.25) is 14.5 Å². The summed E-state index contributed by atoms with van der Waals surface area (Å²) in [6.07, 6.45) is 0.209.